The molecule has 3 atom stereocenters. The van der Waals surface area contributed by atoms with E-state index in [0.717, 1.165) is 25.7 Å². The van der Waals surface area contributed by atoms with Gasteiger partial charge in [-0.15, -0.1) is 0 Å². The minimum absolute atomic E-state index is 0.0188. The van der Waals surface area contributed by atoms with Crippen LogP contribution in [-0.2, 0) is 27.9 Å². The lowest BCUT2D eigenvalue weighted by Crippen LogP contribution is -2.58. The van der Waals surface area contributed by atoms with Crippen molar-refractivity contribution in [1.82, 2.24) is 10.2 Å². The molecule has 0 aromatic rings. The van der Waals surface area contributed by atoms with E-state index >= 15 is 0 Å². The number of amides is 2. The molecule has 0 aromatic heterocycles. The van der Waals surface area contributed by atoms with Gasteiger partial charge in [0.15, 0.2) is 16.6 Å². The van der Waals surface area contributed by atoms with E-state index in [2.05, 4.69) is 73.0 Å². The predicted molar refractivity (Wildman–Crippen MR) is 157 cm³/mol. The number of hydrogen-bond acceptors (Lipinski definition) is 6. The Hall–Kier alpha value is -0.786. The standard InChI is InChI=1S/C28H56N2O6Si2/c1-27(2,3)37(8,9)35-22-19-30(23(31)20-34-18-17-33-7)24(25(22)36-38(10,11)28(4,5)6)26(32)29-21-15-13-12-14-16-21/h21-22,24-25H,12-20H2,1-11H3,(H,29,32)/t22-,24?,25+/m0/s1. The van der Waals surface area contributed by atoms with Gasteiger partial charge in [0.2, 0.25) is 11.8 Å². The number of likely N-dealkylation sites (tertiary alicyclic amines) is 1. The Morgan fingerprint density at radius 2 is 1.42 bits per heavy atom. The first-order chi connectivity index (χ1) is 17.4. The largest absolute Gasteiger partial charge is 0.409 e. The van der Waals surface area contributed by atoms with E-state index in [0.29, 0.717) is 19.8 Å². The molecule has 2 rings (SSSR count). The zero-order chi connectivity index (χ0) is 28.9. The zero-order valence-corrected chi connectivity index (χ0v) is 28.1. The van der Waals surface area contributed by atoms with Gasteiger partial charge in [-0.2, -0.15) is 0 Å². The van der Waals surface area contributed by atoms with Crippen LogP contribution in [0.15, 0.2) is 0 Å². The molecular weight excluding hydrogens is 516 g/mol. The van der Waals surface area contributed by atoms with Crippen LogP contribution in [0.1, 0.15) is 73.6 Å². The third kappa shape index (κ3) is 8.60. The highest BCUT2D eigenvalue weighted by Gasteiger charge is 2.55. The van der Waals surface area contributed by atoms with Crippen molar-refractivity contribution in [2.24, 2.45) is 0 Å². The number of rotatable bonds is 11. The third-order valence-corrected chi connectivity index (χ3v) is 18.1. The Balaban J connectivity index is 2.45. The number of nitrogens with one attached hydrogen (secondary N) is 1. The normalized spacial score (nSPS) is 24.1. The predicted octanol–water partition coefficient (Wildman–Crippen LogP) is 5.09. The Morgan fingerprint density at radius 1 is 0.868 bits per heavy atom. The molecule has 1 heterocycles. The maximum absolute atomic E-state index is 14.0. The second-order valence-corrected chi connectivity index (χ2v) is 23.7. The average molecular weight is 573 g/mol. The second-order valence-electron chi connectivity index (χ2n) is 14.1. The minimum atomic E-state index is -2.30. The molecule has 1 saturated carbocycles. The van der Waals surface area contributed by atoms with Crippen molar-refractivity contribution in [2.75, 3.05) is 33.5 Å². The molecule has 2 amide bonds. The van der Waals surface area contributed by atoms with E-state index in [4.69, 9.17) is 18.3 Å². The highest BCUT2D eigenvalue weighted by molar-refractivity contribution is 6.74. The summed E-state index contributed by atoms with van der Waals surface area (Å²) >= 11 is 0. The lowest BCUT2D eigenvalue weighted by Gasteiger charge is -2.43. The molecule has 0 spiro atoms. The van der Waals surface area contributed by atoms with Crippen LogP contribution in [0.5, 0.6) is 0 Å². The summed E-state index contributed by atoms with van der Waals surface area (Å²) in [5.74, 6) is -0.345. The monoisotopic (exact) mass is 572 g/mol. The summed E-state index contributed by atoms with van der Waals surface area (Å²) in [5.41, 5.74) is 0. The molecule has 1 unspecified atom stereocenters. The first-order valence-electron chi connectivity index (χ1n) is 14.4. The van der Waals surface area contributed by atoms with Crippen LogP contribution in [0.2, 0.25) is 36.3 Å². The minimum Gasteiger partial charge on any atom is -0.409 e. The van der Waals surface area contributed by atoms with E-state index < -0.39 is 28.8 Å². The SMILES string of the molecule is COCCOCC(=O)N1C[C@H](O[Si](C)(C)C(C)(C)C)[C@@H](O[Si](C)(C)C(C)(C)C)C1C(=O)NC1CCCCC1. The number of ether oxygens (including phenoxy) is 2. The molecule has 1 aliphatic heterocycles. The van der Waals surface area contributed by atoms with Gasteiger partial charge in [0.05, 0.1) is 19.3 Å². The first kappa shape index (κ1) is 33.4. The van der Waals surface area contributed by atoms with Crippen LogP contribution in [-0.4, -0.2) is 91.1 Å². The number of methoxy groups -OCH3 is 1. The maximum atomic E-state index is 14.0. The fourth-order valence-electron chi connectivity index (χ4n) is 4.57. The van der Waals surface area contributed by atoms with Crippen molar-refractivity contribution in [3.63, 3.8) is 0 Å². The van der Waals surface area contributed by atoms with Gasteiger partial charge in [0.1, 0.15) is 18.8 Å². The van der Waals surface area contributed by atoms with Crippen molar-refractivity contribution in [3.05, 3.63) is 0 Å². The zero-order valence-electron chi connectivity index (χ0n) is 26.1. The van der Waals surface area contributed by atoms with E-state index in [9.17, 15) is 9.59 Å². The van der Waals surface area contributed by atoms with Crippen LogP contribution >= 0.6 is 0 Å². The molecule has 1 aliphatic carbocycles. The van der Waals surface area contributed by atoms with E-state index in [1.54, 1.807) is 12.0 Å². The van der Waals surface area contributed by atoms with Crippen molar-refractivity contribution in [2.45, 2.75) is 134 Å². The first-order valence-corrected chi connectivity index (χ1v) is 20.2. The van der Waals surface area contributed by atoms with E-state index in [1.165, 1.54) is 6.42 Å². The van der Waals surface area contributed by atoms with E-state index in [-0.39, 0.29) is 40.6 Å². The summed E-state index contributed by atoms with van der Waals surface area (Å²) in [6.45, 7) is 23.0. The smallest absolute Gasteiger partial charge is 0.249 e. The van der Waals surface area contributed by atoms with Crippen LogP contribution in [0.3, 0.4) is 0 Å². The molecule has 2 aliphatic rings. The van der Waals surface area contributed by atoms with Crippen LogP contribution in [0.4, 0.5) is 0 Å². The average Bonchev–Trinajstić information content (AvgIpc) is 3.12. The fraction of sp³-hybridized carbons (Fsp3) is 0.929. The van der Waals surface area contributed by atoms with Gasteiger partial charge in [0, 0.05) is 19.7 Å². The van der Waals surface area contributed by atoms with E-state index in [1.807, 2.05) is 0 Å². The quantitative estimate of drug-likeness (QED) is 0.274. The van der Waals surface area contributed by atoms with Crippen molar-refractivity contribution in [3.8, 4) is 0 Å². The Morgan fingerprint density at radius 3 is 1.95 bits per heavy atom. The van der Waals surface area contributed by atoms with Gasteiger partial charge in [-0.05, 0) is 49.1 Å². The lowest BCUT2D eigenvalue weighted by atomic mass is 9.95. The van der Waals surface area contributed by atoms with Gasteiger partial charge in [-0.25, -0.2) is 0 Å². The molecule has 222 valence electrons. The summed E-state index contributed by atoms with van der Waals surface area (Å²) in [4.78, 5) is 29.2. The molecule has 8 nitrogen and oxygen atoms in total. The van der Waals surface area contributed by atoms with Gasteiger partial charge in [-0.1, -0.05) is 60.8 Å². The Bertz CT molecular complexity index is 787. The highest BCUT2D eigenvalue weighted by atomic mass is 28.4. The topological polar surface area (TPSA) is 86.3 Å². The molecule has 2 fully saturated rings. The van der Waals surface area contributed by atoms with Crippen LogP contribution in [0, 0.1) is 0 Å². The van der Waals surface area contributed by atoms with Gasteiger partial charge >= 0.3 is 0 Å². The molecule has 0 aromatic carbocycles. The van der Waals surface area contributed by atoms with Crippen LogP contribution < -0.4 is 5.32 Å². The lowest BCUT2D eigenvalue weighted by molar-refractivity contribution is -0.144. The number of hydrogen-bond donors (Lipinski definition) is 1. The summed E-state index contributed by atoms with van der Waals surface area (Å²) in [5, 5.41) is 3.21. The maximum Gasteiger partial charge on any atom is 0.249 e. The van der Waals surface area contributed by atoms with Crippen molar-refractivity contribution >= 4 is 28.4 Å². The van der Waals surface area contributed by atoms with Crippen LogP contribution in [0.25, 0.3) is 0 Å². The third-order valence-electron chi connectivity index (χ3n) is 9.08. The highest BCUT2D eigenvalue weighted by Crippen LogP contribution is 2.43. The number of carbonyl (C=O) groups excluding carboxylic acids is 2. The van der Waals surface area contributed by atoms with Gasteiger partial charge in [0.25, 0.3) is 0 Å². The molecule has 38 heavy (non-hydrogen) atoms. The van der Waals surface area contributed by atoms with Gasteiger partial charge in [-0.3, -0.25) is 9.59 Å². The molecule has 1 saturated heterocycles. The number of nitrogens with zero attached hydrogens (tertiary/aromatic N) is 1. The molecule has 0 radical (unpaired) electrons. The van der Waals surface area contributed by atoms with Gasteiger partial charge < -0.3 is 28.5 Å². The van der Waals surface area contributed by atoms with Crippen molar-refractivity contribution in [1.29, 1.82) is 0 Å². The molecule has 10 heteroatoms. The Labute approximate surface area is 234 Å². The Kier molecular flexibility index (Phi) is 11.7. The second kappa shape index (κ2) is 13.3. The van der Waals surface area contributed by atoms with Crippen molar-refractivity contribution < 1.29 is 27.9 Å². The molecular formula is C28H56N2O6Si2. The summed E-state index contributed by atoms with van der Waals surface area (Å²) in [6, 6.07) is -0.612. The molecule has 1 N–H and O–H groups in total. The summed E-state index contributed by atoms with van der Waals surface area (Å²) in [7, 11) is -2.93. The summed E-state index contributed by atoms with van der Waals surface area (Å²) < 4.78 is 24.6. The molecule has 0 bridgehead atoms. The summed E-state index contributed by atoms with van der Waals surface area (Å²) in [6.07, 6.45) is 4.48. The fourth-order valence-corrected chi connectivity index (χ4v) is 7.21. The number of carbonyl (C=O) groups is 2.